The average Bonchev–Trinajstić information content (AvgIpc) is 2.76. The van der Waals surface area contributed by atoms with Crippen molar-refractivity contribution in [1.82, 2.24) is 0 Å². The predicted molar refractivity (Wildman–Crippen MR) is 112 cm³/mol. The van der Waals surface area contributed by atoms with E-state index in [-0.39, 0.29) is 11.5 Å². The van der Waals surface area contributed by atoms with Crippen molar-refractivity contribution in [2.75, 3.05) is 0 Å². The van der Waals surface area contributed by atoms with Gasteiger partial charge in [0.05, 0.1) is 0 Å². The van der Waals surface area contributed by atoms with Crippen molar-refractivity contribution in [3.8, 4) is 11.5 Å². The first-order chi connectivity index (χ1) is 14.6. The van der Waals surface area contributed by atoms with E-state index in [1.165, 1.54) is 60.7 Å². The van der Waals surface area contributed by atoms with Gasteiger partial charge < -0.3 is 25.5 Å². The number of rotatable bonds is 9. The van der Waals surface area contributed by atoms with Crippen LogP contribution in [0.4, 0.5) is 0 Å². The zero-order valence-electron chi connectivity index (χ0n) is 16.5. The zero-order valence-corrected chi connectivity index (χ0v) is 16.5. The maximum atomic E-state index is 12.7. The van der Waals surface area contributed by atoms with Crippen molar-refractivity contribution in [2.45, 2.75) is 24.7 Å². The van der Waals surface area contributed by atoms with Crippen LogP contribution in [-0.4, -0.2) is 60.7 Å². The third-order valence-electron chi connectivity index (χ3n) is 4.54. The minimum Gasteiger partial charge on any atom is -0.508 e. The summed E-state index contributed by atoms with van der Waals surface area (Å²) >= 11 is 0. The second-order valence-electron chi connectivity index (χ2n) is 6.84. The SMILES string of the molecule is CC(=O)C(O)C(O)C(O)(C(=O)/C=C/c1ccc(O)cc1)C(=O)/C=C/c1ccc(O)cc1. The summed E-state index contributed by atoms with van der Waals surface area (Å²) in [7, 11) is 0. The third-order valence-corrected chi connectivity index (χ3v) is 4.54. The van der Waals surface area contributed by atoms with E-state index >= 15 is 0 Å². The normalized spacial score (nSPS) is 13.9. The lowest BCUT2D eigenvalue weighted by atomic mass is 9.82. The van der Waals surface area contributed by atoms with E-state index in [0.717, 1.165) is 19.1 Å². The molecule has 0 radical (unpaired) electrons. The molecule has 8 heteroatoms. The van der Waals surface area contributed by atoms with Crippen LogP contribution < -0.4 is 0 Å². The minimum absolute atomic E-state index is 0.00506. The number of hydrogen-bond donors (Lipinski definition) is 5. The molecular formula is C23H22O8. The molecule has 0 saturated heterocycles. The standard InChI is InChI=1S/C23H22O8/c1-14(24)21(29)22(30)23(31,19(27)12-6-15-2-8-17(25)9-3-15)20(28)13-7-16-4-10-18(26)11-5-16/h2-13,21-22,25-26,29-31H,1H3/b12-6+,13-7+. The summed E-state index contributed by atoms with van der Waals surface area (Å²) in [5.74, 6) is -3.47. The summed E-state index contributed by atoms with van der Waals surface area (Å²) in [4.78, 5) is 36.9. The van der Waals surface area contributed by atoms with E-state index in [1.54, 1.807) is 0 Å². The molecule has 0 bridgehead atoms. The molecule has 2 rings (SSSR count). The Balaban J connectivity index is 2.38. The Bertz CT molecular complexity index is 935. The maximum absolute atomic E-state index is 12.7. The maximum Gasteiger partial charge on any atom is 0.218 e. The van der Waals surface area contributed by atoms with E-state index < -0.39 is 35.2 Å². The highest BCUT2D eigenvalue weighted by molar-refractivity contribution is 6.21. The molecule has 0 spiro atoms. The fraction of sp³-hybridized carbons (Fsp3) is 0.174. The molecule has 2 aromatic rings. The van der Waals surface area contributed by atoms with E-state index in [2.05, 4.69) is 0 Å². The number of aliphatic hydroxyl groups excluding tert-OH is 2. The van der Waals surface area contributed by atoms with Gasteiger partial charge in [0.25, 0.3) is 0 Å². The van der Waals surface area contributed by atoms with Gasteiger partial charge in [-0.3, -0.25) is 14.4 Å². The molecular weight excluding hydrogens is 404 g/mol. The molecule has 0 aliphatic rings. The van der Waals surface area contributed by atoms with Crippen molar-refractivity contribution >= 4 is 29.5 Å². The first-order valence-electron chi connectivity index (χ1n) is 9.17. The lowest BCUT2D eigenvalue weighted by Gasteiger charge is -2.30. The van der Waals surface area contributed by atoms with Crippen molar-refractivity contribution in [1.29, 1.82) is 0 Å². The number of carbonyl (C=O) groups excluding carboxylic acids is 3. The number of Topliss-reactive ketones (excluding diaryl/α,β-unsaturated/α-hetero) is 1. The van der Waals surface area contributed by atoms with Crippen LogP contribution >= 0.6 is 0 Å². The molecule has 0 aromatic heterocycles. The number of aliphatic hydroxyl groups is 3. The first-order valence-corrected chi connectivity index (χ1v) is 9.17. The molecule has 2 unspecified atom stereocenters. The van der Waals surface area contributed by atoms with Gasteiger partial charge in [0, 0.05) is 0 Å². The second-order valence-corrected chi connectivity index (χ2v) is 6.84. The van der Waals surface area contributed by atoms with Crippen molar-refractivity contribution in [3.05, 3.63) is 71.8 Å². The van der Waals surface area contributed by atoms with Gasteiger partial charge in [-0.25, -0.2) is 0 Å². The number of phenols is 2. The summed E-state index contributed by atoms with van der Waals surface area (Å²) < 4.78 is 0. The second kappa shape index (κ2) is 9.94. The number of ketones is 3. The molecule has 0 fully saturated rings. The van der Waals surface area contributed by atoms with Gasteiger partial charge in [0.15, 0.2) is 17.3 Å². The Hall–Kier alpha value is -3.59. The van der Waals surface area contributed by atoms with Crippen LogP contribution in [0.5, 0.6) is 11.5 Å². The predicted octanol–water partition coefficient (Wildman–Crippen LogP) is 1.00. The van der Waals surface area contributed by atoms with Gasteiger partial charge in [-0.05, 0) is 54.5 Å². The van der Waals surface area contributed by atoms with Crippen LogP contribution in [-0.2, 0) is 14.4 Å². The van der Waals surface area contributed by atoms with Crippen LogP contribution in [0.15, 0.2) is 60.7 Å². The molecule has 2 atom stereocenters. The van der Waals surface area contributed by atoms with Crippen LogP contribution in [0.3, 0.4) is 0 Å². The summed E-state index contributed by atoms with van der Waals surface area (Å²) in [5.41, 5.74) is -2.24. The minimum atomic E-state index is -3.13. The Kier molecular flexibility index (Phi) is 7.60. The lowest BCUT2D eigenvalue weighted by molar-refractivity contribution is -0.168. The highest BCUT2D eigenvalue weighted by atomic mass is 16.4. The Morgan fingerprint density at radius 3 is 1.45 bits per heavy atom. The average molecular weight is 426 g/mol. The van der Waals surface area contributed by atoms with Crippen molar-refractivity contribution < 1.29 is 39.9 Å². The van der Waals surface area contributed by atoms with Gasteiger partial charge in [0.1, 0.15) is 23.7 Å². The fourth-order valence-corrected chi connectivity index (χ4v) is 2.63. The van der Waals surface area contributed by atoms with Gasteiger partial charge in [-0.15, -0.1) is 0 Å². The highest BCUT2D eigenvalue weighted by Crippen LogP contribution is 2.22. The van der Waals surface area contributed by atoms with Crippen LogP contribution in [0, 0.1) is 0 Å². The lowest BCUT2D eigenvalue weighted by Crippen LogP contribution is -2.60. The number of phenolic OH excluding ortho intramolecular Hbond substituents is 2. The van der Waals surface area contributed by atoms with Crippen molar-refractivity contribution in [2.24, 2.45) is 0 Å². The van der Waals surface area contributed by atoms with Crippen LogP contribution in [0.2, 0.25) is 0 Å². The van der Waals surface area contributed by atoms with Gasteiger partial charge in [-0.2, -0.15) is 0 Å². The van der Waals surface area contributed by atoms with E-state index in [0.29, 0.717) is 11.1 Å². The molecule has 0 aliphatic heterocycles. The van der Waals surface area contributed by atoms with Gasteiger partial charge in [0.2, 0.25) is 5.60 Å². The van der Waals surface area contributed by atoms with Crippen molar-refractivity contribution in [3.63, 3.8) is 0 Å². The van der Waals surface area contributed by atoms with Crippen LogP contribution in [0.25, 0.3) is 12.2 Å². The molecule has 2 aromatic carbocycles. The molecule has 0 aliphatic carbocycles. The van der Waals surface area contributed by atoms with E-state index in [4.69, 9.17) is 0 Å². The zero-order chi connectivity index (χ0) is 23.2. The molecule has 8 nitrogen and oxygen atoms in total. The topological polar surface area (TPSA) is 152 Å². The molecule has 31 heavy (non-hydrogen) atoms. The van der Waals surface area contributed by atoms with Crippen LogP contribution in [0.1, 0.15) is 18.1 Å². The smallest absolute Gasteiger partial charge is 0.218 e. The van der Waals surface area contributed by atoms with Gasteiger partial charge >= 0.3 is 0 Å². The number of benzene rings is 2. The third kappa shape index (κ3) is 5.73. The number of aromatic hydroxyl groups is 2. The Labute approximate surface area is 178 Å². The molecule has 0 amide bonds. The summed E-state index contributed by atoms with van der Waals surface area (Å²) in [6.45, 7) is 0.932. The summed E-state index contributed by atoms with van der Waals surface area (Å²) in [6.07, 6.45) is -0.475. The quantitative estimate of drug-likeness (QED) is 0.294. The van der Waals surface area contributed by atoms with E-state index in [1.807, 2.05) is 0 Å². The summed E-state index contributed by atoms with van der Waals surface area (Å²) in [5, 5.41) is 49.6. The largest absolute Gasteiger partial charge is 0.508 e. The highest BCUT2D eigenvalue weighted by Gasteiger charge is 2.51. The summed E-state index contributed by atoms with van der Waals surface area (Å²) in [6, 6.07) is 11.3. The molecule has 5 N–H and O–H groups in total. The molecule has 162 valence electrons. The van der Waals surface area contributed by atoms with Gasteiger partial charge in [-0.1, -0.05) is 36.4 Å². The number of hydrogen-bond acceptors (Lipinski definition) is 8. The number of carbonyl (C=O) groups is 3. The monoisotopic (exact) mass is 426 g/mol. The fourth-order valence-electron chi connectivity index (χ4n) is 2.63. The molecule has 0 saturated carbocycles. The van der Waals surface area contributed by atoms with E-state index in [9.17, 15) is 39.9 Å². The Morgan fingerprint density at radius 2 is 1.13 bits per heavy atom. The molecule has 0 heterocycles. The Morgan fingerprint density at radius 1 is 0.774 bits per heavy atom. The first kappa shape index (κ1) is 23.7.